The van der Waals surface area contributed by atoms with Crippen LogP contribution in [0.5, 0.6) is 0 Å². The predicted octanol–water partition coefficient (Wildman–Crippen LogP) is 1.01. The van der Waals surface area contributed by atoms with Crippen LogP contribution in [0.3, 0.4) is 0 Å². The number of nitrogens with zero attached hydrogens (tertiary/aromatic N) is 6. The zero-order valence-electron chi connectivity index (χ0n) is 17.5. The molecule has 158 valence electrons. The summed E-state index contributed by atoms with van der Waals surface area (Å²) < 4.78 is 2.02. The fraction of sp³-hybridized carbons (Fsp3) is 0.700. The molecule has 9 heteroatoms. The number of imidazole rings is 1. The summed E-state index contributed by atoms with van der Waals surface area (Å²) in [5, 5.41) is 11.4. The van der Waals surface area contributed by atoms with Gasteiger partial charge >= 0.3 is 0 Å². The molecule has 0 aromatic carbocycles. The average molecular weight is 401 g/mol. The van der Waals surface area contributed by atoms with Crippen LogP contribution in [0.25, 0.3) is 0 Å². The van der Waals surface area contributed by atoms with Gasteiger partial charge in [0.15, 0.2) is 5.82 Å². The second-order valence-corrected chi connectivity index (χ2v) is 8.42. The monoisotopic (exact) mass is 400 g/mol. The van der Waals surface area contributed by atoms with Gasteiger partial charge in [-0.15, -0.1) is 10.2 Å². The third-order valence-electron chi connectivity index (χ3n) is 6.50. The first-order valence-electron chi connectivity index (χ1n) is 10.7. The maximum atomic E-state index is 13.5. The second kappa shape index (κ2) is 8.62. The number of amides is 1. The quantitative estimate of drug-likeness (QED) is 0.720. The Kier molecular flexibility index (Phi) is 5.96. The zero-order valence-corrected chi connectivity index (χ0v) is 17.5. The van der Waals surface area contributed by atoms with Crippen molar-refractivity contribution in [3.05, 3.63) is 30.4 Å². The Morgan fingerprint density at radius 1 is 1.38 bits per heavy atom. The number of carbonyl (C=O) groups excluding carboxylic acids is 1. The summed E-state index contributed by atoms with van der Waals surface area (Å²) in [5.41, 5.74) is -0.354. The smallest absolute Gasteiger partial charge is 0.228 e. The number of likely N-dealkylation sites (tertiary alicyclic amines) is 2. The van der Waals surface area contributed by atoms with Crippen LogP contribution in [0.4, 0.5) is 0 Å². The summed E-state index contributed by atoms with van der Waals surface area (Å²) in [4.78, 5) is 25.9. The molecular weight excluding hydrogens is 368 g/mol. The maximum Gasteiger partial charge on any atom is 0.228 e. The van der Waals surface area contributed by atoms with Crippen molar-refractivity contribution >= 4 is 5.91 Å². The molecule has 0 spiro atoms. The lowest BCUT2D eigenvalue weighted by atomic mass is 9.67. The third-order valence-corrected chi connectivity index (χ3v) is 6.50. The lowest BCUT2D eigenvalue weighted by Crippen LogP contribution is -2.65. The van der Waals surface area contributed by atoms with Crippen molar-refractivity contribution in [3.63, 3.8) is 0 Å². The topological polar surface area (TPSA) is 95.0 Å². The highest BCUT2D eigenvalue weighted by atomic mass is 16.2. The SMILES string of the molecule is CCCn1cnnc1CNC(=O)[C@@]12CCCN(Cc3ncc[nH]3)[C@H]1CN(C)CC2. The summed E-state index contributed by atoms with van der Waals surface area (Å²) >= 11 is 0. The molecule has 2 saturated heterocycles. The Morgan fingerprint density at radius 2 is 2.28 bits per heavy atom. The molecule has 4 heterocycles. The Labute approximate surface area is 171 Å². The van der Waals surface area contributed by atoms with E-state index in [4.69, 9.17) is 0 Å². The molecule has 2 atom stereocenters. The van der Waals surface area contributed by atoms with Crippen LogP contribution >= 0.6 is 0 Å². The van der Waals surface area contributed by atoms with Gasteiger partial charge in [-0.1, -0.05) is 6.92 Å². The first kappa shape index (κ1) is 20.0. The molecule has 9 nitrogen and oxygen atoms in total. The van der Waals surface area contributed by atoms with Crippen LogP contribution in [0.15, 0.2) is 18.7 Å². The number of likely N-dealkylation sites (N-methyl/N-ethyl adjacent to an activating group) is 1. The standard InChI is InChI=1S/C20H32N8O/c1-3-9-28-15-24-25-18(28)12-23-19(29)20-5-4-10-27(14-17-21-7-8-22-17)16(20)13-26(2)11-6-20/h7-8,15-16H,3-6,9-14H2,1-2H3,(H,21,22)(H,23,29)/t16-,20+/m0/s1. The average Bonchev–Trinajstić information content (AvgIpc) is 3.39. The van der Waals surface area contributed by atoms with Gasteiger partial charge in [0.25, 0.3) is 0 Å². The molecule has 2 aliphatic heterocycles. The second-order valence-electron chi connectivity index (χ2n) is 8.42. The van der Waals surface area contributed by atoms with Crippen molar-refractivity contribution in [2.24, 2.45) is 5.41 Å². The largest absolute Gasteiger partial charge is 0.348 e. The minimum Gasteiger partial charge on any atom is -0.348 e. The molecule has 0 unspecified atom stereocenters. The summed E-state index contributed by atoms with van der Waals surface area (Å²) in [5.74, 6) is 1.94. The first-order chi connectivity index (χ1) is 14.1. The molecule has 0 aliphatic carbocycles. The van der Waals surface area contributed by atoms with E-state index >= 15 is 0 Å². The van der Waals surface area contributed by atoms with Crippen LogP contribution in [0, 0.1) is 5.41 Å². The molecule has 2 aromatic heterocycles. The van der Waals surface area contributed by atoms with Gasteiger partial charge < -0.3 is 19.8 Å². The summed E-state index contributed by atoms with van der Waals surface area (Å²) in [6, 6.07) is 0.189. The molecule has 1 amide bonds. The Morgan fingerprint density at radius 3 is 3.07 bits per heavy atom. The number of nitrogens with one attached hydrogen (secondary N) is 2. The highest BCUT2D eigenvalue weighted by Gasteiger charge is 2.52. The Bertz CT molecular complexity index is 803. The van der Waals surface area contributed by atoms with E-state index in [2.05, 4.69) is 49.3 Å². The summed E-state index contributed by atoms with van der Waals surface area (Å²) in [7, 11) is 2.15. The lowest BCUT2D eigenvalue weighted by molar-refractivity contribution is -0.145. The molecule has 2 fully saturated rings. The number of H-pyrrole nitrogens is 1. The molecule has 0 saturated carbocycles. The van der Waals surface area contributed by atoms with Gasteiger partial charge in [-0.2, -0.15) is 0 Å². The number of piperidine rings is 2. The van der Waals surface area contributed by atoms with E-state index in [9.17, 15) is 4.79 Å². The van der Waals surface area contributed by atoms with Gasteiger partial charge in [-0.25, -0.2) is 4.98 Å². The molecule has 2 aliphatic rings. The first-order valence-corrected chi connectivity index (χ1v) is 10.7. The minimum absolute atomic E-state index is 0.158. The number of aromatic amines is 1. The van der Waals surface area contributed by atoms with E-state index in [1.807, 2.05) is 10.8 Å². The highest BCUT2D eigenvalue weighted by Crippen LogP contribution is 2.43. The van der Waals surface area contributed by atoms with Crippen LogP contribution in [0.1, 0.15) is 44.3 Å². The van der Waals surface area contributed by atoms with Crippen LogP contribution in [-0.4, -0.2) is 73.2 Å². The van der Waals surface area contributed by atoms with Crippen molar-refractivity contribution in [1.82, 2.24) is 39.8 Å². The summed E-state index contributed by atoms with van der Waals surface area (Å²) in [6.45, 7) is 7.03. The molecular formula is C20H32N8O. The Balaban J connectivity index is 1.50. The summed E-state index contributed by atoms with van der Waals surface area (Å²) in [6.07, 6.45) is 9.26. The molecule has 0 radical (unpaired) electrons. The van der Waals surface area contributed by atoms with E-state index in [1.165, 1.54) is 0 Å². The number of rotatable bonds is 7. The van der Waals surface area contributed by atoms with Crippen LogP contribution in [0.2, 0.25) is 0 Å². The molecule has 2 aromatic rings. The van der Waals surface area contributed by atoms with Crippen molar-refractivity contribution in [1.29, 1.82) is 0 Å². The number of hydrogen-bond donors (Lipinski definition) is 2. The number of hydrogen-bond acceptors (Lipinski definition) is 6. The van der Waals surface area contributed by atoms with E-state index in [0.717, 1.165) is 70.1 Å². The van der Waals surface area contributed by atoms with Gasteiger partial charge in [0, 0.05) is 31.5 Å². The lowest BCUT2D eigenvalue weighted by Gasteiger charge is -2.53. The Hall–Kier alpha value is -2.26. The van der Waals surface area contributed by atoms with Crippen molar-refractivity contribution in [2.75, 3.05) is 26.7 Å². The number of carbonyl (C=O) groups is 1. The van der Waals surface area contributed by atoms with Gasteiger partial charge in [0.2, 0.25) is 5.91 Å². The fourth-order valence-corrected chi connectivity index (χ4v) is 4.95. The van der Waals surface area contributed by atoms with Gasteiger partial charge in [0.05, 0.1) is 18.5 Å². The molecule has 0 bridgehead atoms. The molecule has 4 rings (SSSR count). The number of aryl methyl sites for hydroxylation is 1. The van der Waals surface area contributed by atoms with Gasteiger partial charge in [0.1, 0.15) is 12.2 Å². The zero-order chi connectivity index (χ0) is 20.3. The van der Waals surface area contributed by atoms with Crippen LogP contribution < -0.4 is 5.32 Å². The normalized spacial score (nSPS) is 25.7. The van der Waals surface area contributed by atoms with E-state index in [-0.39, 0.29) is 17.4 Å². The third kappa shape index (κ3) is 4.06. The van der Waals surface area contributed by atoms with E-state index < -0.39 is 0 Å². The van der Waals surface area contributed by atoms with Crippen LogP contribution in [-0.2, 0) is 24.4 Å². The predicted molar refractivity (Wildman–Crippen MR) is 109 cm³/mol. The fourth-order valence-electron chi connectivity index (χ4n) is 4.95. The minimum atomic E-state index is -0.354. The van der Waals surface area contributed by atoms with E-state index in [1.54, 1.807) is 12.5 Å². The van der Waals surface area contributed by atoms with E-state index in [0.29, 0.717) is 6.54 Å². The highest BCUT2D eigenvalue weighted by molar-refractivity contribution is 5.83. The van der Waals surface area contributed by atoms with Crippen molar-refractivity contribution < 1.29 is 4.79 Å². The number of aromatic nitrogens is 5. The maximum absolute atomic E-state index is 13.5. The van der Waals surface area contributed by atoms with Gasteiger partial charge in [-0.3, -0.25) is 9.69 Å². The van der Waals surface area contributed by atoms with Crippen molar-refractivity contribution in [2.45, 2.75) is 58.3 Å². The molecule has 2 N–H and O–H groups in total. The number of fused-ring (bicyclic) bond motifs is 1. The molecule has 29 heavy (non-hydrogen) atoms. The van der Waals surface area contributed by atoms with Gasteiger partial charge in [-0.05, 0) is 45.8 Å². The van der Waals surface area contributed by atoms with Crippen molar-refractivity contribution in [3.8, 4) is 0 Å².